The van der Waals surface area contributed by atoms with Crippen molar-refractivity contribution in [1.82, 2.24) is 9.78 Å². The van der Waals surface area contributed by atoms with Gasteiger partial charge in [-0.15, -0.1) is 0 Å². The maximum atomic E-state index is 4.35. The van der Waals surface area contributed by atoms with Gasteiger partial charge in [0.2, 0.25) is 0 Å². The molecule has 0 bridgehead atoms. The maximum Gasteiger partial charge on any atom is 0.0539 e. The van der Waals surface area contributed by atoms with Crippen LogP contribution in [0.4, 0.5) is 5.69 Å². The highest BCUT2D eigenvalue weighted by molar-refractivity contribution is 5.46. The van der Waals surface area contributed by atoms with E-state index in [1.807, 2.05) is 10.9 Å². The number of rotatable bonds is 4. The molecule has 20 heavy (non-hydrogen) atoms. The molecule has 108 valence electrons. The van der Waals surface area contributed by atoms with Crippen LogP contribution in [0, 0.1) is 0 Å². The Morgan fingerprint density at radius 1 is 1.15 bits per heavy atom. The van der Waals surface area contributed by atoms with Crippen molar-refractivity contribution >= 4 is 5.69 Å². The molecule has 2 aromatic rings. The lowest BCUT2D eigenvalue weighted by Crippen LogP contribution is -2.10. The lowest BCUT2D eigenvalue weighted by atomic mass is 9.87. The molecule has 0 spiro atoms. The van der Waals surface area contributed by atoms with Crippen LogP contribution in [0.15, 0.2) is 36.7 Å². The molecule has 3 heteroatoms. The van der Waals surface area contributed by atoms with Gasteiger partial charge in [-0.1, -0.05) is 32.9 Å². The van der Waals surface area contributed by atoms with E-state index >= 15 is 0 Å². The van der Waals surface area contributed by atoms with E-state index in [2.05, 4.69) is 75.5 Å². The molecular formula is C17H25N3. The molecule has 0 saturated carbocycles. The van der Waals surface area contributed by atoms with Crippen molar-refractivity contribution in [3.8, 4) is 0 Å². The highest BCUT2D eigenvalue weighted by Crippen LogP contribution is 2.23. The van der Waals surface area contributed by atoms with E-state index in [0.29, 0.717) is 6.04 Å². The molecule has 0 aliphatic heterocycles. The van der Waals surface area contributed by atoms with E-state index in [0.717, 1.165) is 12.2 Å². The minimum atomic E-state index is 0.205. The average Bonchev–Trinajstić information content (AvgIpc) is 2.85. The Morgan fingerprint density at radius 2 is 1.80 bits per heavy atom. The fraction of sp³-hybridized carbons (Fsp3) is 0.471. The predicted octanol–water partition coefficient (Wildman–Crippen LogP) is 4.37. The van der Waals surface area contributed by atoms with Crippen molar-refractivity contribution in [2.24, 2.45) is 0 Å². The van der Waals surface area contributed by atoms with Crippen molar-refractivity contribution in [1.29, 1.82) is 0 Å². The molecule has 0 fully saturated rings. The van der Waals surface area contributed by atoms with E-state index in [9.17, 15) is 0 Å². The monoisotopic (exact) mass is 271 g/mol. The first kappa shape index (κ1) is 14.6. The summed E-state index contributed by atoms with van der Waals surface area (Å²) in [5.41, 5.74) is 3.92. The summed E-state index contributed by atoms with van der Waals surface area (Å²) in [6, 6.07) is 9.09. The van der Waals surface area contributed by atoms with Gasteiger partial charge in [0, 0.05) is 30.0 Å². The fourth-order valence-electron chi connectivity index (χ4n) is 2.04. The zero-order valence-corrected chi connectivity index (χ0v) is 13.1. The third-order valence-corrected chi connectivity index (χ3v) is 3.43. The second-order valence-corrected chi connectivity index (χ2v) is 6.60. The third kappa shape index (κ3) is 3.62. The second-order valence-electron chi connectivity index (χ2n) is 6.60. The Bertz CT molecular complexity index is 544. The summed E-state index contributed by atoms with van der Waals surface area (Å²) >= 11 is 0. The molecule has 0 unspecified atom stereocenters. The highest BCUT2D eigenvalue weighted by atomic mass is 15.3. The summed E-state index contributed by atoms with van der Waals surface area (Å²) in [7, 11) is 0. The quantitative estimate of drug-likeness (QED) is 0.894. The lowest BCUT2D eigenvalue weighted by Gasteiger charge is -2.19. The van der Waals surface area contributed by atoms with Gasteiger partial charge in [0.1, 0.15) is 0 Å². The molecule has 0 aliphatic rings. The van der Waals surface area contributed by atoms with Crippen LogP contribution < -0.4 is 5.32 Å². The SMILES string of the molecule is CC(C)n1cc(CNc2ccc(C(C)(C)C)cc2)cn1. The number of aromatic nitrogens is 2. The number of anilines is 1. The Balaban J connectivity index is 1.97. The molecular weight excluding hydrogens is 246 g/mol. The molecule has 0 saturated heterocycles. The van der Waals surface area contributed by atoms with Gasteiger partial charge in [0.05, 0.1) is 6.20 Å². The summed E-state index contributed by atoms with van der Waals surface area (Å²) in [5, 5.41) is 7.79. The Labute approximate surface area is 122 Å². The molecule has 1 N–H and O–H groups in total. The van der Waals surface area contributed by atoms with Crippen molar-refractivity contribution in [3.63, 3.8) is 0 Å². The normalized spacial score (nSPS) is 11.9. The van der Waals surface area contributed by atoms with Gasteiger partial charge in [-0.3, -0.25) is 4.68 Å². The molecule has 1 aromatic heterocycles. The van der Waals surface area contributed by atoms with E-state index in [1.165, 1.54) is 11.1 Å². The van der Waals surface area contributed by atoms with Crippen LogP contribution in [0.25, 0.3) is 0 Å². The van der Waals surface area contributed by atoms with E-state index in [1.54, 1.807) is 0 Å². The summed E-state index contributed by atoms with van der Waals surface area (Å²) < 4.78 is 1.99. The first-order valence-corrected chi connectivity index (χ1v) is 7.24. The smallest absolute Gasteiger partial charge is 0.0539 e. The van der Waals surface area contributed by atoms with Crippen LogP contribution in [-0.2, 0) is 12.0 Å². The first-order chi connectivity index (χ1) is 9.36. The minimum Gasteiger partial charge on any atom is -0.381 e. The van der Waals surface area contributed by atoms with Crippen LogP contribution in [0.2, 0.25) is 0 Å². The summed E-state index contributed by atoms with van der Waals surface area (Å²) in [4.78, 5) is 0. The van der Waals surface area contributed by atoms with E-state index in [4.69, 9.17) is 0 Å². The minimum absolute atomic E-state index is 0.205. The zero-order valence-electron chi connectivity index (χ0n) is 13.1. The summed E-state index contributed by atoms with van der Waals surface area (Å²) in [6.07, 6.45) is 4.03. The number of benzene rings is 1. The van der Waals surface area contributed by atoms with Crippen molar-refractivity contribution < 1.29 is 0 Å². The van der Waals surface area contributed by atoms with E-state index in [-0.39, 0.29) is 5.41 Å². The molecule has 0 aliphatic carbocycles. The largest absolute Gasteiger partial charge is 0.381 e. The Kier molecular flexibility index (Phi) is 4.17. The first-order valence-electron chi connectivity index (χ1n) is 7.24. The van der Waals surface area contributed by atoms with Crippen molar-refractivity contribution in [2.75, 3.05) is 5.32 Å². The molecule has 0 amide bonds. The van der Waals surface area contributed by atoms with Gasteiger partial charge in [0.25, 0.3) is 0 Å². The number of hydrogen-bond donors (Lipinski definition) is 1. The molecule has 2 rings (SSSR count). The average molecular weight is 271 g/mol. The molecule has 0 radical (unpaired) electrons. The number of nitrogens with zero attached hydrogens (tertiary/aromatic N) is 2. The van der Waals surface area contributed by atoms with Crippen molar-refractivity contribution in [3.05, 3.63) is 47.8 Å². The third-order valence-electron chi connectivity index (χ3n) is 3.43. The summed E-state index contributed by atoms with van der Waals surface area (Å²) in [6.45, 7) is 11.8. The van der Waals surface area contributed by atoms with Crippen LogP contribution in [0.1, 0.15) is 51.8 Å². The van der Waals surface area contributed by atoms with Crippen LogP contribution in [0.5, 0.6) is 0 Å². The standard InChI is InChI=1S/C17H25N3/c1-13(2)20-12-14(11-19-20)10-18-16-8-6-15(7-9-16)17(3,4)5/h6-9,11-13,18H,10H2,1-5H3. The topological polar surface area (TPSA) is 29.9 Å². The Hall–Kier alpha value is -1.77. The second kappa shape index (κ2) is 5.70. The van der Waals surface area contributed by atoms with Gasteiger partial charge in [-0.05, 0) is 37.0 Å². The highest BCUT2D eigenvalue weighted by Gasteiger charge is 2.12. The number of nitrogens with one attached hydrogen (secondary N) is 1. The van der Waals surface area contributed by atoms with Gasteiger partial charge < -0.3 is 5.32 Å². The molecule has 1 heterocycles. The predicted molar refractivity (Wildman–Crippen MR) is 85.1 cm³/mol. The summed E-state index contributed by atoms with van der Waals surface area (Å²) in [5.74, 6) is 0. The van der Waals surface area contributed by atoms with Crippen LogP contribution in [-0.4, -0.2) is 9.78 Å². The van der Waals surface area contributed by atoms with Gasteiger partial charge in [0.15, 0.2) is 0 Å². The van der Waals surface area contributed by atoms with Gasteiger partial charge >= 0.3 is 0 Å². The molecule has 3 nitrogen and oxygen atoms in total. The fourth-order valence-corrected chi connectivity index (χ4v) is 2.04. The Morgan fingerprint density at radius 3 is 2.30 bits per heavy atom. The molecule has 1 aromatic carbocycles. The van der Waals surface area contributed by atoms with E-state index < -0.39 is 0 Å². The van der Waals surface area contributed by atoms with Crippen molar-refractivity contribution in [2.45, 2.75) is 52.6 Å². The van der Waals surface area contributed by atoms with Gasteiger partial charge in [-0.2, -0.15) is 5.10 Å². The zero-order chi connectivity index (χ0) is 14.8. The maximum absolute atomic E-state index is 4.35. The lowest BCUT2D eigenvalue weighted by molar-refractivity contribution is 0.532. The van der Waals surface area contributed by atoms with Crippen LogP contribution in [0.3, 0.4) is 0 Å². The molecule has 0 atom stereocenters. The number of hydrogen-bond acceptors (Lipinski definition) is 2. The van der Waals surface area contributed by atoms with Gasteiger partial charge in [-0.25, -0.2) is 0 Å². The van der Waals surface area contributed by atoms with Crippen LogP contribution >= 0.6 is 0 Å².